The van der Waals surface area contributed by atoms with Crippen molar-refractivity contribution in [3.8, 4) is 0 Å². The number of aromatic nitrogens is 4. The minimum Gasteiger partial charge on any atom is -0.481 e. The van der Waals surface area contributed by atoms with Crippen LogP contribution in [0.3, 0.4) is 0 Å². The van der Waals surface area contributed by atoms with Crippen LogP contribution in [0.2, 0.25) is 0 Å². The minimum atomic E-state index is -5.59. The topological polar surface area (TPSA) is 455 Å². The number of ketones is 1. The van der Waals surface area contributed by atoms with Gasteiger partial charge in [-0.25, -0.2) is 33.4 Å². The Morgan fingerprint density at radius 3 is 2.18 bits per heavy atom. The Morgan fingerprint density at radius 2 is 1.61 bits per heavy atom. The van der Waals surface area contributed by atoms with Crippen molar-refractivity contribution in [2.75, 3.05) is 37.8 Å². The predicted octanol–water partition coefficient (Wildman–Crippen LogP) is -1.95. The van der Waals surface area contributed by atoms with Crippen LogP contribution in [-0.2, 0) is 65.1 Å². The van der Waals surface area contributed by atoms with Crippen molar-refractivity contribution in [2.24, 2.45) is 11.3 Å². The lowest BCUT2D eigenvalue weighted by atomic mass is 9.87. The zero-order chi connectivity index (χ0) is 46.7. The van der Waals surface area contributed by atoms with Crippen LogP contribution in [0.4, 0.5) is 5.82 Å². The Bertz CT molecular complexity index is 2060. The number of phosphoric ester groups is 3. The first-order valence-electron chi connectivity index (χ1n) is 17.0. The molecule has 33 heteroatoms. The van der Waals surface area contributed by atoms with Crippen LogP contribution < -0.4 is 16.4 Å². The fraction of sp³-hybridized carbons (Fsp3) is 0.607. The monoisotopic (exact) mass is 955 g/mol. The van der Waals surface area contributed by atoms with Crippen LogP contribution in [0, 0.1) is 11.3 Å². The highest BCUT2D eigenvalue weighted by molar-refractivity contribution is 8.13. The number of aliphatic hydroxyl groups excluding tert-OH is 2. The third-order valence-electron chi connectivity index (χ3n) is 7.77. The van der Waals surface area contributed by atoms with Crippen LogP contribution in [0.5, 0.6) is 0 Å². The van der Waals surface area contributed by atoms with Gasteiger partial charge < -0.3 is 61.1 Å². The van der Waals surface area contributed by atoms with Crippen LogP contribution in [0.25, 0.3) is 11.2 Å². The number of hydrogen-bond donors (Lipinski definition) is 11. The third-order valence-corrected chi connectivity index (χ3v) is 11.9. The standard InChI is InChI=1S/C25H40N7O19P3S.C3H4O3/c1-12(23(37)38)24(39)55-7-6-27-14(33)4-5-28-21(36)18(35)25(2,3)9-48-54(45,46)51-53(43,44)47-8-13-17(50-52(40,41)42)16(34)22(49-13)32-11-31-15-19(26)29-10-30-20(15)32;1-2(4)3(5)6/h10-13,16-18,22,34-35H,4-9H2,1-3H3,(H,27,33)(H,28,36)(H,37,38)(H,43,44)(H,45,46)(H2,26,29,30)(H2,40,41,42);1H3,(H,5,6)/t12?,13-,16-,17-,18+,22-;/m1./s1. The van der Waals surface area contributed by atoms with Gasteiger partial charge in [0.15, 0.2) is 17.7 Å². The maximum Gasteiger partial charge on any atom is 0.481 e. The molecule has 1 saturated heterocycles. The molecule has 2 amide bonds. The molecule has 3 unspecified atom stereocenters. The van der Waals surface area contributed by atoms with E-state index in [1.807, 2.05) is 0 Å². The van der Waals surface area contributed by atoms with Gasteiger partial charge in [0.1, 0.15) is 42.2 Å². The number of phosphoric acid groups is 3. The number of aliphatic hydroxyl groups is 2. The summed E-state index contributed by atoms with van der Waals surface area (Å²) < 4.78 is 61.9. The molecule has 3 rings (SSSR count). The lowest BCUT2D eigenvalue weighted by molar-refractivity contribution is -0.148. The van der Waals surface area contributed by atoms with E-state index in [0.717, 1.165) is 35.9 Å². The molecule has 0 bridgehead atoms. The third kappa shape index (κ3) is 17.1. The summed E-state index contributed by atoms with van der Waals surface area (Å²) in [6, 6.07) is 0. The summed E-state index contributed by atoms with van der Waals surface area (Å²) in [5.74, 6) is -6.22. The second-order valence-corrected chi connectivity index (χ2v) is 18.5. The largest absolute Gasteiger partial charge is 0.481 e. The quantitative estimate of drug-likeness (QED) is 0.0264. The Hall–Kier alpha value is -3.83. The number of ether oxygens (including phenoxy) is 1. The van der Waals surface area contributed by atoms with Crippen molar-refractivity contribution < 1.29 is 105 Å². The Morgan fingerprint density at radius 1 is 1.00 bits per heavy atom. The average molecular weight is 956 g/mol. The van der Waals surface area contributed by atoms with Crippen LogP contribution in [-0.4, -0.2) is 151 Å². The first kappa shape index (κ1) is 53.3. The fourth-order valence-electron chi connectivity index (χ4n) is 4.51. The number of rotatable bonds is 22. The normalized spacial score (nSPS) is 20.9. The SMILES string of the molecule is CC(=O)C(=O)O.CC(C(=O)O)C(=O)SCCNC(=O)CCNC(=O)[C@H](O)C(C)(C)COP(=O)(O)OP(=O)(O)OC[C@H]1O[C@@H](n2cnc3c(N)ncnc32)[C@H](O)[C@@H]1OP(=O)(O)O. The number of fused-ring (bicyclic) bond motifs is 1. The molecule has 1 aliphatic heterocycles. The van der Waals surface area contributed by atoms with E-state index in [1.165, 1.54) is 20.8 Å². The van der Waals surface area contributed by atoms with E-state index < -0.39 is 113 Å². The molecule has 0 aliphatic carbocycles. The molecule has 1 aliphatic rings. The molecule has 29 nitrogen and oxygen atoms in total. The molecule has 0 saturated carbocycles. The number of thioether (sulfide) groups is 1. The zero-order valence-electron chi connectivity index (χ0n) is 32.3. The lowest BCUT2D eigenvalue weighted by Gasteiger charge is -2.30. The molecule has 0 aromatic carbocycles. The van der Waals surface area contributed by atoms with Crippen molar-refractivity contribution in [1.29, 1.82) is 0 Å². The van der Waals surface area contributed by atoms with Crippen LogP contribution in [0.15, 0.2) is 12.7 Å². The highest BCUT2D eigenvalue weighted by Gasteiger charge is 2.50. The molecule has 8 atom stereocenters. The van der Waals surface area contributed by atoms with Crippen molar-refractivity contribution in [2.45, 2.75) is 64.8 Å². The molecule has 2 aromatic rings. The number of amides is 2. The predicted molar refractivity (Wildman–Crippen MR) is 202 cm³/mol. The first-order valence-corrected chi connectivity index (χ1v) is 22.5. The van der Waals surface area contributed by atoms with E-state index in [0.29, 0.717) is 0 Å². The molecule has 3 heterocycles. The number of carboxylic acids is 2. The van der Waals surface area contributed by atoms with Gasteiger partial charge in [0, 0.05) is 37.6 Å². The number of nitrogen functional groups attached to an aromatic ring is 1. The maximum absolute atomic E-state index is 12.6. The highest BCUT2D eigenvalue weighted by Crippen LogP contribution is 2.61. The van der Waals surface area contributed by atoms with Gasteiger partial charge >= 0.3 is 35.4 Å². The van der Waals surface area contributed by atoms with Gasteiger partial charge in [-0.05, 0) is 6.92 Å². The Labute approximate surface area is 348 Å². The van der Waals surface area contributed by atoms with E-state index in [9.17, 15) is 72.2 Å². The number of hydrogen-bond acceptors (Lipinski definition) is 21. The molecular weight excluding hydrogens is 911 g/mol. The second-order valence-electron chi connectivity index (χ2n) is 13.2. The first-order chi connectivity index (χ1) is 28.0. The number of anilines is 1. The molecule has 344 valence electrons. The van der Waals surface area contributed by atoms with Crippen LogP contribution in [0.1, 0.15) is 40.3 Å². The van der Waals surface area contributed by atoms with Gasteiger partial charge in [-0.1, -0.05) is 25.6 Å². The van der Waals surface area contributed by atoms with Crippen molar-refractivity contribution in [3.05, 3.63) is 12.7 Å². The van der Waals surface area contributed by atoms with Crippen LogP contribution >= 0.6 is 35.2 Å². The Balaban J connectivity index is 0.00000198. The molecule has 1 fully saturated rings. The highest BCUT2D eigenvalue weighted by atomic mass is 32.2. The zero-order valence-corrected chi connectivity index (χ0v) is 35.8. The van der Waals surface area contributed by atoms with Crippen molar-refractivity contribution in [1.82, 2.24) is 30.2 Å². The van der Waals surface area contributed by atoms with Gasteiger partial charge in [0.05, 0.1) is 19.5 Å². The van der Waals surface area contributed by atoms with Gasteiger partial charge in [0.2, 0.25) is 22.7 Å². The summed E-state index contributed by atoms with van der Waals surface area (Å²) in [6.45, 7) is 2.35. The number of carbonyl (C=O) groups is 6. The molecule has 12 N–H and O–H groups in total. The maximum atomic E-state index is 12.6. The molecule has 61 heavy (non-hydrogen) atoms. The fourth-order valence-corrected chi connectivity index (χ4v) is 8.09. The molecular formula is C28H44N7O22P3S. The van der Waals surface area contributed by atoms with Crippen molar-refractivity contribution in [3.63, 3.8) is 0 Å². The molecule has 0 spiro atoms. The summed E-state index contributed by atoms with van der Waals surface area (Å²) in [4.78, 5) is 117. The number of Topliss-reactive ketones (excluding diaryl/α,β-unsaturated/α-hetero) is 1. The smallest absolute Gasteiger partial charge is 0.481 e. The Kier molecular flexibility index (Phi) is 19.7. The van der Waals surface area contributed by atoms with E-state index >= 15 is 0 Å². The number of carbonyl (C=O) groups excluding carboxylic acids is 4. The summed E-state index contributed by atoms with van der Waals surface area (Å²) in [5.41, 5.74) is 4.19. The number of nitrogens with one attached hydrogen (secondary N) is 2. The minimum absolute atomic E-state index is 0.0183. The van der Waals surface area contributed by atoms with Gasteiger partial charge in [0.25, 0.3) is 0 Å². The summed E-state index contributed by atoms with van der Waals surface area (Å²) >= 11 is 0.726. The van der Waals surface area contributed by atoms with E-state index in [4.69, 9.17) is 29.7 Å². The second kappa shape index (κ2) is 22.5. The summed E-state index contributed by atoms with van der Waals surface area (Å²) in [7, 11) is -16.4. The molecule has 0 radical (unpaired) electrons. The van der Waals surface area contributed by atoms with E-state index in [2.05, 4.69) is 34.4 Å². The number of imidazole rings is 1. The number of carboxylic acid groups (broad SMARTS) is 2. The summed E-state index contributed by atoms with van der Waals surface area (Å²) in [5, 5.41) is 42.0. The number of nitrogens with zero attached hydrogens (tertiary/aromatic N) is 4. The number of aliphatic carboxylic acids is 2. The van der Waals surface area contributed by atoms with Gasteiger partial charge in [-0.3, -0.25) is 42.1 Å². The van der Waals surface area contributed by atoms with E-state index in [-0.39, 0.29) is 42.2 Å². The van der Waals surface area contributed by atoms with Gasteiger partial charge in [-0.2, -0.15) is 4.31 Å². The van der Waals surface area contributed by atoms with E-state index in [1.54, 1.807) is 0 Å². The van der Waals surface area contributed by atoms with Crippen molar-refractivity contribution >= 4 is 86.9 Å². The molecule has 2 aromatic heterocycles. The summed E-state index contributed by atoms with van der Waals surface area (Å²) in [6.07, 6.45) is -7.13. The number of nitrogens with two attached hydrogens (primary N) is 1. The van der Waals surface area contributed by atoms with Gasteiger partial charge in [-0.15, -0.1) is 0 Å². The lowest BCUT2D eigenvalue weighted by Crippen LogP contribution is -2.46. The average Bonchev–Trinajstić information content (AvgIpc) is 3.71.